The molecular weight excluding hydrogens is 353 g/mol. The Labute approximate surface area is 146 Å². The molecule has 0 aliphatic carbocycles. The third-order valence-electron chi connectivity index (χ3n) is 3.43. The Hall–Kier alpha value is -2.05. The minimum Gasteiger partial charge on any atom is -0.494 e. The lowest BCUT2D eigenvalue weighted by Gasteiger charge is -2.25. The normalized spacial score (nSPS) is 11.2. The summed E-state index contributed by atoms with van der Waals surface area (Å²) in [6.07, 6.45) is 1.46. The van der Waals surface area contributed by atoms with Gasteiger partial charge in [-0.25, -0.2) is 12.8 Å². The fraction of sp³-hybridized carbons (Fsp3) is 0.176. The summed E-state index contributed by atoms with van der Waals surface area (Å²) in [6, 6.07) is 8.40. The van der Waals surface area contributed by atoms with Crippen molar-refractivity contribution in [2.24, 2.45) is 0 Å². The first-order chi connectivity index (χ1) is 11.3. The number of hydrogen-bond acceptors (Lipinski definition) is 3. The van der Waals surface area contributed by atoms with Gasteiger partial charge >= 0.3 is 0 Å². The lowest BCUT2D eigenvalue weighted by atomic mass is 10.2. The molecule has 0 bridgehead atoms. The molecule has 0 N–H and O–H groups in total. The summed E-state index contributed by atoms with van der Waals surface area (Å²) in [5.74, 6) is -0.767. The number of sulfonamides is 1. The van der Waals surface area contributed by atoms with Crippen LogP contribution in [-0.2, 0) is 10.0 Å². The van der Waals surface area contributed by atoms with Gasteiger partial charge in [-0.2, -0.15) is 0 Å². The summed E-state index contributed by atoms with van der Waals surface area (Å²) in [5, 5.41) is 0.502. The molecule has 0 atom stereocenters. The van der Waals surface area contributed by atoms with E-state index >= 15 is 0 Å². The molecular formula is C17H17ClFNO3S. The fourth-order valence-corrected chi connectivity index (χ4v) is 4.02. The van der Waals surface area contributed by atoms with Gasteiger partial charge in [-0.15, -0.1) is 6.58 Å². The number of methoxy groups -OCH3 is 1. The van der Waals surface area contributed by atoms with E-state index in [-0.39, 0.29) is 17.2 Å². The topological polar surface area (TPSA) is 46.6 Å². The second-order valence-corrected chi connectivity index (χ2v) is 7.35. The molecule has 0 aliphatic rings. The van der Waals surface area contributed by atoms with Crippen molar-refractivity contribution >= 4 is 27.3 Å². The van der Waals surface area contributed by atoms with E-state index < -0.39 is 15.8 Å². The Morgan fingerprint density at radius 3 is 2.54 bits per heavy atom. The van der Waals surface area contributed by atoms with Crippen LogP contribution in [-0.4, -0.2) is 22.1 Å². The molecule has 2 aromatic rings. The van der Waals surface area contributed by atoms with Crippen molar-refractivity contribution in [1.29, 1.82) is 0 Å². The standard InChI is InChI=1S/C17H17ClFNO3S/c1-4-9-20(16-7-5-13(18)10-12(16)2)24(21,22)14-6-8-17(23-3)15(19)11-14/h4-8,10-11H,1,9H2,2-3H3. The quantitative estimate of drug-likeness (QED) is 0.718. The molecule has 0 saturated carbocycles. The van der Waals surface area contributed by atoms with Crippen LogP contribution in [0, 0.1) is 12.7 Å². The average Bonchev–Trinajstić information content (AvgIpc) is 2.53. The molecule has 0 radical (unpaired) electrons. The van der Waals surface area contributed by atoms with Crippen LogP contribution in [0.5, 0.6) is 5.75 Å². The Morgan fingerprint density at radius 2 is 2.00 bits per heavy atom. The second-order valence-electron chi connectivity index (χ2n) is 5.05. The SMILES string of the molecule is C=CCN(c1ccc(Cl)cc1C)S(=O)(=O)c1ccc(OC)c(F)c1. The fourth-order valence-electron chi connectivity index (χ4n) is 2.28. The summed E-state index contributed by atoms with van der Waals surface area (Å²) >= 11 is 5.93. The van der Waals surface area contributed by atoms with Crippen LogP contribution >= 0.6 is 11.6 Å². The number of rotatable bonds is 6. The van der Waals surface area contributed by atoms with Gasteiger partial charge in [-0.1, -0.05) is 17.7 Å². The summed E-state index contributed by atoms with van der Waals surface area (Å²) in [4.78, 5) is -0.169. The highest BCUT2D eigenvalue weighted by Crippen LogP contribution is 2.30. The molecule has 0 saturated heterocycles. The molecule has 0 amide bonds. The van der Waals surface area contributed by atoms with E-state index in [0.717, 1.165) is 10.4 Å². The van der Waals surface area contributed by atoms with Crippen LogP contribution < -0.4 is 9.04 Å². The van der Waals surface area contributed by atoms with Crippen molar-refractivity contribution in [1.82, 2.24) is 0 Å². The van der Waals surface area contributed by atoms with E-state index in [2.05, 4.69) is 6.58 Å². The summed E-state index contributed by atoms with van der Waals surface area (Å²) < 4.78 is 45.8. The van der Waals surface area contributed by atoms with Crippen molar-refractivity contribution in [3.8, 4) is 5.75 Å². The summed E-state index contributed by atoms with van der Waals surface area (Å²) in [6.45, 7) is 5.39. The van der Waals surface area contributed by atoms with E-state index in [1.807, 2.05) is 0 Å². The molecule has 7 heteroatoms. The van der Waals surface area contributed by atoms with Crippen LogP contribution in [0.1, 0.15) is 5.56 Å². The predicted molar refractivity (Wildman–Crippen MR) is 93.9 cm³/mol. The zero-order valence-corrected chi connectivity index (χ0v) is 14.9. The van der Waals surface area contributed by atoms with Crippen molar-refractivity contribution in [2.45, 2.75) is 11.8 Å². The summed E-state index contributed by atoms with van der Waals surface area (Å²) in [5.41, 5.74) is 1.14. The van der Waals surface area contributed by atoms with Crippen LogP contribution in [0.4, 0.5) is 10.1 Å². The molecule has 2 aromatic carbocycles. The maximum atomic E-state index is 13.9. The largest absolute Gasteiger partial charge is 0.494 e. The van der Waals surface area contributed by atoms with Gasteiger partial charge in [0, 0.05) is 5.02 Å². The first kappa shape index (κ1) is 18.3. The van der Waals surface area contributed by atoms with E-state index in [9.17, 15) is 12.8 Å². The molecule has 0 heterocycles. The number of benzene rings is 2. The maximum Gasteiger partial charge on any atom is 0.264 e. The van der Waals surface area contributed by atoms with Gasteiger partial charge in [0.1, 0.15) is 0 Å². The maximum absolute atomic E-state index is 13.9. The third-order valence-corrected chi connectivity index (χ3v) is 5.44. The Morgan fingerprint density at radius 1 is 1.29 bits per heavy atom. The van der Waals surface area contributed by atoms with E-state index in [1.54, 1.807) is 25.1 Å². The van der Waals surface area contributed by atoms with Gasteiger partial charge in [-0.05, 0) is 48.9 Å². The number of ether oxygens (including phenoxy) is 1. The Bertz CT molecular complexity index is 868. The van der Waals surface area contributed by atoms with Gasteiger partial charge in [0.2, 0.25) is 0 Å². The summed E-state index contributed by atoms with van der Waals surface area (Å²) in [7, 11) is -2.66. The number of halogens is 2. The van der Waals surface area contributed by atoms with Crippen molar-refractivity contribution in [2.75, 3.05) is 18.0 Å². The highest BCUT2D eigenvalue weighted by atomic mass is 35.5. The number of aryl methyl sites for hydroxylation is 1. The average molecular weight is 370 g/mol. The second kappa shape index (κ2) is 7.23. The van der Waals surface area contributed by atoms with Gasteiger partial charge < -0.3 is 4.74 Å². The van der Waals surface area contributed by atoms with Crippen molar-refractivity contribution < 1.29 is 17.5 Å². The van der Waals surface area contributed by atoms with Crippen molar-refractivity contribution in [3.05, 3.63) is 65.5 Å². The predicted octanol–water partition coefficient (Wildman–Crippen LogP) is 4.18. The van der Waals surface area contributed by atoms with E-state index in [4.69, 9.17) is 16.3 Å². The minimum atomic E-state index is -3.98. The van der Waals surface area contributed by atoms with Crippen LogP contribution in [0.3, 0.4) is 0 Å². The molecule has 128 valence electrons. The number of nitrogens with zero attached hydrogens (tertiary/aromatic N) is 1. The number of hydrogen-bond donors (Lipinski definition) is 0. The van der Waals surface area contributed by atoms with Crippen LogP contribution in [0.15, 0.2) is 53.9 Å². The lowest BCUT2D eigenvalue weighted by Crippen LogP contribution is -2.31. The van der Waals surface area contributed by atoms with Crippen LogP contribution in [0.2, 0.25) is 5.02 Å². The zero-order valence-electron chi connectivity index (χ0n) is 13.3. The Balaban J connectivity index is 2.57. The zero-order chi connectivity index (χ0) is 17.9. The van der Waals surface area contributed by atoms with Crippen LogP contribution in [0.25, 0.3) is 0 Å². The first-order valence-corrected chi connectivity index (χ1v) is 8.86. The smallest absolute Gasteiger partial charge is 0.264 e. The highest BCUT2D eigenvalue weighted by molar-refractivity contribution is 7.92. The third kappa shape index (κ3) is 3.55. The molecule has 2 rings (SSSR count). The van der Waals surface area contributed by atoms with Gasteiger partial charge in [0.15, 0.2) is 11.6 Å². The minimum absolute atomic E-state index is 0.0214. The lowest BCUT2D eigenvalue weighted by molar-refractivity contribution is 0.385. The molecule has 0 aliphatic heterocycles. The van der Waals surface area contributed by atoms with E-state index in [0.29, 0.717) is 16.3 Å². The Kier molecular flexibility index (Phi) is 5.51. The molecule has 0 fully saturated rings. The van der Waals surface area contributed by atoms with Gasteiger partial charge in [0.05, 0.1) is 24.2 Å². The van der Waals surface area contributed by atoms with Gasteiger partial charge in [0.25, 0.3) is 10.0 Å². The van der Waals surface area contributed by atoms with E-state index in [1.165, 1.54) is 25.3 Å². The molecule has 0 unspecified atom stereocenters. The number of anilines is 1. The molecule has 4 nitrogen and oxygen atoms in total. The highest BCUT2D eigenvalue weighted by Gasteiger charge is 2.26. The van der Waals surface area contributed by atoms with Gasteiger partial charge in [-0.3, -0.25) is 4.31 Å². The van der Waals surface area contributed by atoms with Crippen molar-refractivity contribution in [3.63, 3.8) is 0 Å². The monoisotopic (exact) mass is 369 g/mol. The molecule has 0 aromatic heterocycles. The first-order valence-electron chi connectivity index (χ1n) is 7.04. The molecule has 0 spiro atoms. The molecule has 24 heavy (non-hydrogen) atoms.